The molecule has 4 unspecified atom stereocenters. The Balaban J connectivity index is 2.22. The highest BCUT2D eigenvalue weighted by Gasteiger charge is 2.43. The van der Waals surface area contributed by atoms with Crippen LogP contribution in [0.4, 0.5) is 0 Å². The van der Waals surface area contributed by atoms with Crippen molar-refractivity contribution in [3.63, 3.8) is 0 Å². The molecule has 1 heterocycles. The van der Waals surface area contributed by atoms with E-state index in [1.54, 1.807) is 35.5 Å². The van der Waals surface area contributed by atoms with Gasteiger partial charge in [-0.05, 0) is 23.6 Å². The van der Waals surface area contributed by atoms with Crippen molar-refractivity contribution in [2.75, 3.05) is 42.3 Å². The number of methoxy groups -OCH3 is 5. The zero-order valence-electron chi connectivity index (χ0n) is 21.3. The maximum atomic E-state index is 12.3. The largest absolute Gasteiger partial charge is 0.493 e. The van der Waals surface area contributed by atoms with Gasteiger partial charge in [-0.25, -0.2) is 0 Å². The first-order chi connectivity index (χ1) is 16.8. The molecule has 1 aliphatic heterocycles. The van der Waals surface area contributed by atoms with Gasteiger partial charge in [-0.1, -0.05) is 13.8 Å². The van der Waals surface area contributed by atoms with E-state index >= 15 is 0 Å². The van der Waals surface area contributed by atoms with Gasteiger partial charge in [-0.15, -0.1) is 0 Å². The second kappa shape index (κ2) is 9.73. The fourth-order valence-corrected chi connectivity index (χ4v) is 5.17. The number of esters is 1. The summed E-state index contributed by atoms with van der Waals surface area (Å²) in [6, 6.07) is 3.75. The number of ether oxygens (including phenoxy) is 8. The van der Waals surface area contributed by atoms with Crippen molar-refractivity contribution >= 4 is 5.97 Å². The number of hydrogen-bond donors (Lipinski definition) is 0. The molecule has 0 N–H and O–H groups in total. The molecule has 2 aromatic rings. The lowest BCUT2D eigenvalue weighted by Crippen LogP contribution is -2.29. The molecule has 0 fully saturated rings. The summed E-state index contributed by atoms with van der Waals surface area (Å²) in [5, 5.41) is 0. The van der Waals surface area contributed by atoms with E-state index in [-0.39, 0.29) is 18.6 Å². The number of carbonyl (C=O) groups excluding carboxylic acids is 1. The lowest BCUT2D eigenvalue weighted by molar-refractivity contribution is -0.151. The number of rotatable bonds is 6. The van der Waals surface area contributed by atoms with Gasteiger partial charge in [0.25, 0.3) is 0 Å². The van der Waals surface area contributed by atoms with Crippen LogP contribution in [-0.4, -0.2) is 48.3 Å². The van der Waals surface area contributed by atoms with Gasteiger partial charge in [0, 0.05) is 36.6 Å². The lowest BCUT2D eigenvalue weighted by Gasteiger charge is -2.38. The quantitative estimate of drug-likeness (QED) is 0.537. The summed E-state index contributed by atoms with van der Waals surface area (Å²) in [5.74, 6) is 2.17. The summed E-state index contributed by atoms with van der Waals surface area (Å²) in [5.41, 5.74) is 2.86. The molecule has 2 aliphatic rings. The molecule has 1 aliphatic carbocycles. The van der Waals surface area contributed by atoms with Crippen LogP contribution < -0.4 is 28.4 Å². The van der Waals surface area contributed by atoms with E-state index in [2.05, 4.69) is 6.92 Å². The molecule has 190 valence electrons. The third-order valence-electron chi connectivity index (χ3n) is 6.91. The van der Waals surface area contributed by atoms with Crippen molar-refractivity contribution in [1.29, 1.82) is 0 Å². The normalized spacial score (nSPS) is 22.3. The monoisotopic (exact) mass is 488 g/mol. The van der Waals surface area contributed by atoms with Crippen molar-refractivity contribution < 1.29 is 42.7 Å². The molecule has 2 aromatic carbocycles. The molecular formula is C26H32O9. The van der Waals surface area contributed by atoms with Crippen molar-refractivity contribution in [2.45, 2.75) is 33.0 Å². The highest BCUT2D eigenvalue weighted by molar-refractivity contribution is 5.89. The topological polar surface area (TPSA) is 90.9 Å². The summed E-state index contributed by atoms with van der Waals surface area (Å²) in [4.78, 5) is 12.3. The molecule has 0 saturated carbocycles. The van der Waals surface area contributed by atoms with Gasteiger partial charge in [0.1, 0.15) is 6.10 Å². The third kappa shape index (κ3) is 3.87. The zero-order chi connectivity index (χ0) is 25.4. The average Bonchev–Trinajstić information content (AvgIpc) is 3.33. The minimum atomic E-state index is -0.621. The Morgan fingerprint density at radius 3 is 1.97 bits per heavy atom. The van der Waals surface area contributed by atoms with Gasteiger partial charge in [0.05, 0.1) is 34.5 Å². The fourth-order valence-electron chi connectivity index (χ4n) is 5.17. The van der Waals surface area contributed by atoms with E-state index in [9.17, 15) is 4.79 Å². The summed E-state index contributed by atoms with van der Waals surface area (Å²) in [6.45, 7) is 5.55. The minimum Gasteiger partial charge on any atom is -0.493 e. The first-order valence-electron chi connectivity index (χ1n) is 11.4. The van der Waals surface area contributed by atoms with Gasteiger partial charge in [-0.3, -0.25) is 4.79 Å². The first-order valence-corrected chi connectivity index (χ1v) is 11.4. The lowest BCUT2D eigenvalue weighted by atomic mass is 9.74. The van der Waals surface area contributed by atoms with E-state index in [0.29, 0.717) is 51.2 Å². The molecule has 35 heavy (non-hydrogen) atoms. The Labute approximate surface area is 205 Å². The van der Waals surface area contributed by atoms with E-state index < -0.39 is 18.2 Å². The second-order valence-corrected chi connectivity index (χ2v) is 8.62. The molecular weight excluding hydrogens is 456 g/mol. The van der Waals surface area contributed by atoms with Crippen LogP contribution in [0.1, 0.15) is 44.1 Å². The zero-order valence-corrected chi connectivity index (χ0v) is 21.3. The maximum Gasteiger partial charge on any atom is 0.303 e. The number of carbonyl (C=O) groups is 1. The van der Waals surface area contributed by atoms with Gasteiger partial charge in [0.15, 0.2) is 23.0 Å². The SMILES string of the molecule is COc1cc2c(c(OC)c1OC)-c1c(cc3c(c1OC)OCO3)C(OC(C)=O)C(C)C(C)C2OC. The highest BCUT2D eigenvalue weighted by atomic mass is 16.7. The molecule has 4 atom stereocenters. The van der Waals surface area contributed by atoms with Crippen LogP contribution in [-0.2, 0) is 14.3 Å². The van der Waals surface area contributed by atoms with E-state index in [1.807, 2.05) is 19.1 Å². The van der Waals surface area contributed by atoms with Gasteiger partial charge in [-0.2, -0.15) is 0 Å². The average molecular weight is 489 g/mol. The van der Waals surface area contributed by atoms with Crippen LogP contribution in [0.15, 0.2) is 12.1 Å². The Morgan fingerprint density at radius 1 is 0.800 bits per heavy atom. The van der Waals surface area contributed by atoms with Crippen molar-refractivity contribution in [3.05, 3.63) is 23.3 Å². The van der Waals surface area contributed by atoms with E-state index in [0.717, 1.165) is 5.56 Å². The predicted octanol–water partition coefficient (Wildman–Crippen LogP) is 4.69. The minimum absolute atomic E-state index is 0.0510. The number of hydrogen-bond acceptors (Lipinski definition) is 9. The third-order valence-corrected chi connectivity index (χ3v) is 6.91. The summed E-state index contributed by atoms with van der Waals surface area (Å²) < 4.78 is 46.7. The first kappa shape index (κ1) is 24.8. The smallest absolute Gasteiger partial charge is 0.303 e. The Kier molecular flexibility index (Phi) is 6.89. The second-order valence-electron chi connectivity index (χ2n) is 8.62. The van der Waals surface area contributed by atoms with Crippen LogP contribution in [0.25, 0.3) is 11.1 Å². The molecule has 9 nitrogen and oxygen atoms in total. The molecule has 0 radical (unpaired) electrons. The summed E-state index contributed by atoms with van der Waals surface area (Å²) in [6.07, 6.45) is -1.01. The van der Waals surface area contributed by atoms with E-state index in [1.165, 1.54) is 6.92 Å². The molecule has 0 saturated heterocycles. The molecule has 0 amide bonds. The Morgan fingerprint density at radius 2 is 1.40 bits per heavy atom. The van der Waals surface area contributed by atoms with Crippen molar-refractivity contribution in [2.24, 2.45) is 11.8 Å². The molecule has 0 bridgehead atoms. The molecule has 0 spiro atoms. The van der Waals surface area contributed by atoms with E-state index in [4.69, 9.17) is 37.9 Å². The number of fused-ring (bicyclic) bond motifs is 4. The van der Waals surface area contributed by atoms with Gasteiger partial charge >= 0.3 is 5.97 Å². The molecule has 4 rings (SSSR count). The van der Waals surface area contributed by atoms with Crippen LogP contribution in [0.5, 0.6) is 34.5 Å². The Bertz CT molecular complexity index is 1130. The van der Waals surface area contributed by atoms with Crippen LogP contribution in [0, 0.1) is 11.8 Å². The van der Waals surface area contributed by atoms with Gasteiger partial charge < -0.3 is 37.9 Å². The fraction of sp³-hybridized carbons (Fsp3) is 0.500. The van der Waals surface area contributed by atoms with Crippen LogP contribution >= 0.6 is 0 Å². The Hall–Kier alpha value is -3.33. The van der Waals surface area contributed by atoms with Crippen molar-refractivity contribution in [3.8, 4) is 45.6 Å². The predicted molar refractivity (Wildman–Crippen MR) is 127 cm³/mol. The van der Waals surface area contributed by atoms with Crippen LogP contribution in [0.3, 0.4) is 0 Å². The summed E-state index contributed by atoms with van der Waals surface area (Å²) >= 11 is 0. The maximum absolute atomic E-state index is 12.3. The standard InChI is InChI=1S/C26H32O9/c1-12-13(2)22(35-14(3)27)16-10-18-24(34-11-33-18)26(32-8)20(16)19-15(21(12)29-5)9-17(28-4)23(30-6)25(19)31-7/h9-10,12-13,21-22H,11H2,1-8H3. The molecule has 0 aromatic heterocycles. The van der Waals surface area contributed by atoms with Crippen LogP contribution in [0.2, 0.25) is 0 Å². The summed E-state index contributed by atoms with van der Waals surface area (Å²) in [7, 11) is 7.90. The van der Waals surface area contributed by atoms with Gasteiger partial charge in [0.2, 0.25) is 18.3 Å². The molecule has 9 heteroatoms. The number of benzene rings is 2. The van der Waals surface area contributed by atoms with Crippen molar-refractivity contribution in [1.82, 2.24) is 0 Å². The highest BCUT2D eigenvalue weighted by Crippen LogP contribution is 2.60.